The van der Waals surface area contributed by atoms with E-state index in [1.807, 2.05) is 30.0 Å². The molecule has 0 aromatic heterocycles. The first-order valence-electron chi connectivity index (χ1n) is 6.80. The first-order chi connectivity index (χ1) is 8.63. The summed E-state index contributed by atoms with van der Waals surface area (Å²) in [5.41, 5.74) is 8.28. The molecule has 3 nitrogen and oxygen atoms in total. The average Bonchev–Trinajstić information content (AvgIpc) is 2.87. The highest BCUT2D eigenvalue weighted by Gasteiger charge is 2.26. The normalized spacial score (nSPS) is 15.9. The Hall–Kier alpha value is -1.51. The van der Waals surface area contributed by atoms with Crippen LogP contribution < -0.4 is 5.73 Å². The number of aryl methyl sites for hydroxylation is 1. The minimum atomic E-state index is 0.146. The van der Waals surface area contributed by atoms with Crippen molar-refractivity contribution < 1.29 is 4.79 Å². The number of carbonyl (C=O) groups excluding carboxylic acids is 1. The summed E-state index contributed by atoms with van der Waals surface area (Å²) < 4.78 is 0. The van der Waals surface area contributed by atoms with Crippen molar-refractivity contribution in [3.05, 3.63) is 29.3 Å². The third-order valence-electron chi connectivity index (χ3n) is 3.88. The molecule has 2 N–H and O–H groups in total. The summed E-state index contributed by atoms with van der Waals surface area (Å²) in [4.78, 5) is 14.5. The van der Waals surface area contributed by atoms with Crippen LogP contribution in [0.4, 0.5) is 5.69 Å². The van der Waals surface area contributed by atoms with Crippen molar-refractivity contribution in [2.75, 3.05) is 12.3 Å². The fourth-order valence-corrected chi connectivity index (χ4v) is 2.76. The SMILES string of the molecule is CCN(C(=O)c1ccc(N)c(C)c1)C1CCCC1. The molecule has 98 valence electrons. The molecule has 1 amide bonds. The number of carbonyl (C=O) groups is 1. The van der Waals surface area contributed by atoms with E-state index in [0.717, 1.165) is 36.2 Å². The Morgan fingerprint density at radius 1 is 1.39 bits per heavy atom. The van der Waals surface area contributed by atoms with Crippen LogP contribution in [0.5, 0.6) is 0 Å². The molecule has 1 aromatic rings. The lowest BCUT2D eigenvalue weighted by molar-refractivity contribution is 0.0693. The van der Waals surface area contributed by atoms with E-state index in [2.05, 4.69) is 6.92 Å². The molecule has 0 aliphatic heterocycles. The molecule has 0 saturated heterocycles. The van der Waals surface area contributed by atoms with Gasteiger partial charge in [-0.05, 0) is 50.5 Å². The van der Waals surface area contributed by atoms with Gasteiger partial charge in [-0.2, -0.15) is 0 Å². The monoisotopic (exact) mass is 246 g/mol. The van der Waals surface area contributed by atoms with E-state index in [9.17, 15) is 4.79 Å². The van der Waals surface area contributed by atoms with Gasteiger partial charge < -0.3 is 10.6 Å². The van der Waals surface area contributed by atoms with Crippen LogP contribution in [0.25, 0.3) is 0 Å². The van der Waals surface area contributed by atoms with Gasteiger partial charge in [0.15, 0.2) is 0 Å². The maximum Gasteiger partial charge on any atom is 0.254 e. The van der Waals surface area contributed by atoms with Crippen LogP contribution in [0.2, 0.25) is 0 Å². The number of nitrogen functional groups attached to an aromatic ring is 1. The fourth-order valence-electron chi connectivity index (χ4n) is 2.76. The number of rotatable bonds is 3. The Kier molecular flexibility index (Phi) is 3.90. The van der Waals surface area contributed by atoms with Gasteiger partial charge in [0.1, 0.15) is 0 Å². The molecule has 0 atom stereocenters. The molecule has 0 bridgehead atoms. The molecule has 1 saturated carbocycles. The minimum Gasteiger partial charge on any atom is -0.399 e. The van der Waals surface area contributed by atoms with Gasteiger partial charge in [-0.1, -0.05) is 12.8 Å². The summed E-state index contributed by atoms with van der Waals surface area (Å²) in [6.07, 6.45) is 4.78. The van der Waals surface area contributed by atoms with Gasteiger partial charge in [0.05, 0.1) is 0 Å². The molecule has 0 spiro atoms. The van der Waals surface area contributed by atoms with Crippen LogP contribution in [0.15, 0.2) is 18.2 Å². The van der Waals surface area contributed by atoms with E-state index < -0.39 is 0 Å². The van der Waals surface area contributed by atoms with Crippen LogP contribution in [-0.2, 0) is 0 Å². The van der Waals surface area contributed by atoms with Crippen molar-refractivity contribution in [3.8, 4) is 0 Å². The summed E-state index contributed by atoms with van der Waals surface area (Å²) in [7, 11) is 0. The molecular weight excluding hydrogens is 224 g/mol. The zero-order valence-electron chi connectivity index (χ0n) is 11.3. The van der Waals surface area contributed by atoms with Crippen LogP contribution in [0.1, 0.15) is 48.5 Å². The van der Waals surface area contributed by atoms with Crippen molar-refractivity contribution in [3.63, 3.8) is 0 Å². The van der Waals surface area contributed by atoms with Crippen molar-refractivity contribution >= 4 is 11.6 Å². The first-order valence-corrected chi connectivity index (χ1v) is 6.80. The Bertz CT molecular complexity index is 436. The molecule has 18 heavy (non-hydrogen) atoms. The van der Waals surface area contributed by atoms with Crippen molar-refractivity contribution in [2.24, 2.45) is 0 Å². The highest BCUT2D eigenvalue weighted by atomic mass is 16.2. The lowest BCUT2D eigenvalue weighted by atomic mass is 10.1. The lowest BCUT2D eigenvalue weighted by Gasteiger charge is -2.28. The number of amides is 1. The summed E-state index contributed by atoms with van der Waals surface area (Å²) in [5, 5.41) is 0. The highest BCUT2D eigenvalue weighted by Crippen LogP contribution is 2.25. The Morgan fingerprint density at radius 3 is 2.61 bits per heavy atom. The fraction of sp³-hybridized carbons (Fsp3) is 0.533. The maximum absolute atomic E-state index is 12.5. The van der Waals surface area contributed by atoms with Gasteiger partial charge >= 0.3 is 0 Å². The summed E-state index contributed by atoms with van der Waals surface area (Å²) in [6, 6.07) is 5.99. The van der Waals surface area contributed by atoms with E-state index >= 15 is 0 Å². The summed E-state index contributed by atoms with van der Waals surface area (Å²) in [6.45, 7) is 4.78. The molecule has 0 unspecified atom stereocenters. The Balaban J connectivity index is 2.19. The number of hydrogen-bond acceptors (Lipinski definition) is 2. The summed E-state index contributed by atoms with van der Waals surface area (Å²) >= 11 is 0. The zero-order valence-corrected chi connectivity index (χ0v) is 11.3. The molecular formula is C15H22N2O. The van der Waals surface area contributed by atoms with Gasteiger partial charge in [-0.3, -0.25) is 4.79 Å². The number of anilines is 1. The predicted octanol–water partition coefficient (Wildman–Crippen LogP) is 2.98. The summed E-state index contributed by atoms with van der Waals surface area (Å²) in [5.74, 6) is 0.146. The lowest BCUT2D eigenvalue weighted by Crippen LogP contribution is -2.38. The molecule has 3 heteroatoms. The smallest absolute Gasteiger partial charge is 0.254 e. The first kappa shape index (κ1) is 12.9. The van der Waals surface area contributed by atoms with Crippen LogP contribution in [-0.4, -0.2) is 23.4 Å². The van der Waals surface area contributed by atoms with Crippen LogP contribution in [0, 0.1) is 6.92 Å². The quantitative estimate of drug-likeness (QED) is 0.833. The molecule has 0 radical (unpaired) electrons. The molecule has 1 fully saturated rings. The van der Waals surface area contributed by atoms with Crippen molar-refractivity contribution in [1.82, 2.24) is 4.90 Å². The van der Waals surface area contributed by atoms with E-state index in [-0.39, 0.29) is 5.91 Å². The number of nitrogens with two attached hydrogens (primary N) is 1. The van der Waals surface area contributed by atoms with E-state index in [1.165, 1.54) is 12.8 Å². The molecule has 2 rings (SSSR count). The van der Waals surface area contributed by atoms with Crippen LogP contribution >= 0.6 is 0 Å². The third-order valence-corrected chi connectivity index (χ3v) is 3.88. The number of benzene rings is 1. The standard InChI is InChI=1S/C15H22N2O/c1-3-17(13-6-4-5-7-13)15(18)12-8-9-14(16)11(2)10-12/h8-10,13H,3-7,16H2,1-2H3. The Labute approximate surface area is 109 Å². The molecule has 1 aliphatic carbocycles. The third kappa shape index (κ3) is 2.50. The second-order valence-corrected chi connectivity index (χ2v) is 5.10. The van der Waals surface area contributed by atoms with Crippen LogP contribution in [0.3, 0.4) is 0 Å². The number of nitrogens with zero attached hydrogens (tertiary/aromatic N) is 1. The van der Waals surface area contributed by atoms with Gasteiger partial charge in [0.2, 0.25) is 0 Å². The molecule has 1 aliphatic rings. The van der Waals surface area contributed by atoms with Gasteiger partial charge in [0, 0.05) is 23.8 Å². The molecule has 1 aromatic carbocycles. The zero-order chi connectivity index (χ0) is 13.1. The molecule has 0 heterocycles. The Morgan fingerprint density at radius 2 is 2.06 bits per heavy atom. The minimum absolute atomic E-state index is 0.146. The second-order valence-electron chi connectivity index (χ2n) is 5.10. The van der Waals surface area contributed by atoms with E-state index in [0.29, 0.717) is 6.04 Å². The van der Waals surface area contributed by atoms with Gasteiger partial charge in [-0.25, -0.2) is 0 Å². The van der Waals surface area contributed by atoms with E-state index in [1.54, 1.807) is 0 Å². The van der Waals surface area contributed by atoms with Crippen molar-refractivity contribution in [1.29, 1.82) is 0 Å². The predicted molar refractivity (Wildman–Crippen MR) is 74.6 cm³/mol. The van der Waals surface area contributed by atoms with Gasteiger partial charge in [-0.15, -0.1) is 0 Å². The largest absolute Gasteiger partial charge is 0.399 e. The average molecular weight is 246 g/mol. The highest BCUT2D eigenvalue weighted by molar-refractivity contribution is 5.95. The van der Waals surface area contributed by atoms with Gasteiger partial charge in [0.25, 0.3) is 5.91 Å². The maximum atomic E-state index is 12.5. The topological polar surface area (TPSA) is 46.3 Å². The second kappa shape index (κ2) is 5.42. The number of hydrogen-bond donors (Lipinski definition) is 1. The van der Waals surface area contributed by atoms with Crippen molar-refractivity contribution in [2.45, 2.75) is 45.6 Å². The van der Waals surface area contributed by atoms with E-state index in [4.69, 9.17) is 5.73 Å².